The van der Waals surface area contributed by atoms with Gasteiger partial charge in [-0.3, -0.25) is 0 Å². The number of benzene rings is 1. The third-order valence-corrected chi connectivity index (χ3v) is 2.86. The van der Waals surface area contributed by atoms with Gasteiger partial charge in [-0.1, -0.05) is 12.1 Å². The van der Waals surface area contributed by atoms with Gasteiger partial charge in [-0.15, -0.1) is 0 Å². The molecule has 24 heavy (non-hydrogen) atoms. The highest BCUT2D eigenvalue weighted by Crippen LogP contribution is 2.24. The Morgan fingerprint density at radius 2 is 2.29 bits per heavy atom. The summed E-state index contributed by atoms with van der Waals surface area (Å²) in [6.07, 6.45) is 2.23. The molecule has 0 bridgehead atoms. The van der Waals surface area contributed by atoms with Crippen LogP contribution in [0.4, 0.5) is 4.39 Å². The quantitative estimate of drug-likeness (QED) is 0.356. The molecule has 0 fully saturated rings. The van der Waals surface area contributed by atoms with Gasteiger partial charge in [-0.2, -0.15) is 14.6 Å². The van der Waals surface area contributed by atoms with Crippen LogP contribution in [0.5, 0.6) is 11.6 Å². The van der Waals surface area contributed by atoms with E-state index in [2.05, 4.69) is 9.97 Å². The Morgan fingerprint density at radius 1 is 1.50 bits per heavy atom. The molecular weight excluding hydrogens is 337 g/mol. The van der Waals surface area contributed by atoms with E-state index < -0.39 is 11.8 Å². The zero-order valence-corrected chi connectivity index (χ0v) is 13.2. The molecular formula is C16H11ClFN3O3. The largest absolute Gasteiger partial charge is 0.462 e. The third-order valence-electron chi connectivity index (χ3n) is 2.68. The van der Waals surface area contributed by atoms with E-state index in [1.807, 2.05) is 0 Å². The number of aromatic nitrogens is 2. The highest BCUT2D eigenvalue weighted by atomic mass is 35.5. The molecule has 2 aromatic rings. The molecule has 0 aliphatic heterocycles. The second-order valence-corrected chi connectivity index (χ2v) is 4.70. The second-order valence-electron chi connectivity index (χ2n) is 4.36. The fourth-order valence-electron chi connectivity index (χ4n) is 1.69. The molecule has 1 aromatic carbocycles. The number of nitriles is 1. The second kappa shape index (κ2) is 8.04. The smallest absolute Gasteiger partial charge is 0.348 e. The molecule has 0 saturated carbocycles. The molecule has 1 aromatic heterocycles. The van der Waals surface area contributed by atoms with Gasteiger partial charge in [0.05, 0.1) is 12.8 Å². The van der Waals surface area contributed by atoms with Gasteiger partial charge < -0.3 is 9.47 Å². The topological polar surface area (TPSA) is 85.1 Å². The number of hydrogen-bond donors (Lipinski definition) is 0. The summed E-state index contributed by atoms with van der Waals surface area (Å²) in [7, 11) is 0. The van der Waals surface area contributed by atoms with Crippen LogP contribution in [0, 0.1) is 17.1 Å². The first-order chi connectivity index (χ1) is 11.5. The van der Waals surface area contributed by atoms with Gasteiger partial charge in [0.1, 0.15) is 17.4 Å². The molecule has 0 unspecified atom stereocenters. The minimum absolute atomic E-state index is 0.156. The van der Waals surface area contributed by atoms with E-state index in [0.717, 1.165) is 6.20 Å². The normalized spacial score (nSPS) is 10.8. The van der Waals surface area contributed by atoms with Crippen molar-refractivity contribution < 1.29 is 18.7 Å². The van der Waals surface area contributed by atoms with Gasteiger partial charge in [0.25, 0.3) is 5.88 Å². The van der Waals surface area contributed by atoms with Crippen molar-refractivity contribution in [1.29, 1.82) is 5.26 Å². The Hall–Kier alpha value is -2.98. The van der Waals surface area contributed by atoms with Gasteiger partial charge in [0, 0.05) is 0 Å². The lowest BCUT2D eigenvalue weighted by molar-refractivity contribution is -0.137. The number of halogens is 2. The Balaban J connectivity index is 2.27. The molecule has 0 N–H and O–H groups in total. The number of hydrogen-bond acceptors (Lipinski definition) is 6. The molecule has 0 aliphatic rings. The Bertz CT molecular complexity index is 834. The Labute approximate surface area is 142 Å². The van der Waals surface area contributed by atoms with Crippen LogP contribution in [0.25, 0.3) is 6.08 Å². The summed E-state index contributed by atoms with van der Waals surface area (Å²) in [5, 5.41) is 8.87. The lowest BCUT2D eigenvalue weighted by Gasteiger charge is -2.06. The summed E-state index contributed by atoms with van der Waals surface area (Å²) >= 11 is 5.60. The van der Waals surface area contributed by atoms with Crippen LogP contribution in [-0.4, -0.2) is 22.5 Å². The van der Waals surface area contributed by atoms with Gasteiger partial charge in [0.15, 0.2) is 0 Å². The maximum Gasteiger partial charge on any atom is 0.348 e. The molecule has 2 rings (SSSR count). The maximum absolute atomic E-state index is 13.6. The first kappa shape index (κ1) is 17.4. The van der Waals surface area contributed by atoms with Crippen LogP contribution in [0.3, 0.4) is 0 Å². The molecule has 0 spiro atoms. The summed E-state index contributed by atoms with van der Waals surface area (Å²) in [5.41, 5.74) is 0.336. The minimum atomic E-state index is -0.774. The number of carbonyl (C=O) groups is 1. The van der Waals surface area contributed by atoms with Crippen molar-refractivity contribution in [3.05, 3.63) is 52.7 Å². The monoisotopic (exact) mass is 347 g/mol. The fraction of sp³-hybridized carbons (Fsp3) is 0.125. The summed E-state index contributed by atoms with van der Waals surface area (Å²) in [6.45, 7) is 1.80. The van der Waals surface area contributed by atoms with Crippen LogP contribution in [0.15, 0.2) is 36.0 Å². The van der Waals surface area contributed by atoms with Crippen molar-refractivity contribution in [2.75, 3.05) is 6.61 Å². The number of carbonyl (C=O) groups excluding carboxylic acids is 1. The predicted molar refractivity (Wildman–Crippen MR) is 83.7 cm³/mol. The van der Waals surface area contributed by atoms with Crippen molar-refractivity contribution in [3.8, 4) is 17.7 Å². The Kier molecular flexibility index (Phi) is 5.82. The molecule has 0 amide bonds. The lowest BCUT2D eigenvalue weighted by atomic mass is 10.1. The van der Waals surface area contributed by atoms with E-state index in [1.54, 1.807) is 31.2 Å². The molecule has 6 nitrogen and oxygen atoms in total. The van der Waals surface area contributed by atoms with E-state index in [0.29, 0.717) is 5.56 Å². The van der Waals surface area contributed by atoms with E-state index in [4.69, 9.17) is 26.3 Å². The van der Waals surface area contributed by atoms with Crippen molar-refractivity contribution in [2.24, 2.45) is 0 Å². The van der Waals surface area contributed by atoms with Gasteiger partial charge in [0.2, 0.25) is 11.1 Å². The molecule has 0 saturated heterocycles. The average molecular weight is 348 g/mol. The first-order valence-electron chi connectivity index (χ1n) is 6.78. The van der Waals surface area contributed by atoms with E-state index >= 15 is 0 Å². The van der Waals surface area contributed by atoms with E-state index in [-0.39, 0.29) is 29.1 Å². The molecule has 0 radical (unpaired) electrons. The van der Waals surface area contributed by atoms with Crippen LogP contribution in [0.1, 0.15) is 12.5 Å². The molecule has 0 atom stereocenters. The number of nitrogens with zero attached hydrogens (tertiary/aromatic N) is 3. The van der Waals surface area contributed by atoms with Crippen LogP contribution < -0.4 is 4.74 Å². The maximum atomic E-state index is 13.6. The van der Waals surface area contributed by atoms with Crippen LogP contribution in [0.2, 0.25) is 5.28 Å². The Morgan fingerprint density at radius 3 is 3.00 bits per heavy atom. The standard InChI is InChI=1S/C16H11ClFN3O3/c1-2-23-15(22)11(8-19)6-10-4-3-5-12(7-10)24-14-13(18)9-20-16(17)21-14/h3-7,9H,2H2,1H3/b11-6+. The van der Waals surface area contributed by atoms with Crippen molar-refractivity contribution in [3.63, 3.8) is 0 Å². The summed E-state index contributed by atoms with van der Waals surface area (Å²) in [6, 6.07) is 8.09. The van der Waals surface area contributed by atoms with Crippen LogP contribution >= 0.6 is 11.6 Å². The molecule has 0 aliphatic carbocycles. The average Bonchev–Trinajstić information content (AvgIpc) is 2.56. The molecule has 8 heteroatoms. The van der Waals surface area contributed by atoms with Gasteiger partial charge >= 0.3 is 5.97 Å². The van der Waals surface area contributed by atoms with Gasteiger partial charge in [-0.05, 0) is 42.3 Å². The summed E-state index contributed by atoms with van der Waals surface area (Å²) in [5.74, 6) is -1.58. The predicted octanol–water partition coefficient (Wildman–Crippen LogP) is 3.53. The van der Waals surface area contributed by atoms with E-state index in [1.165, 1.54) is 12.1 Å². The highest BCUT2D eigenvalue weighted by Gasteiger charge is 2.11. The van der Waals surface area contributed by atoms with Crippen molar-refractivity contribution in [2.45, 2.75) is 6.92 Å². The minimum Gasteiger partial charge on any atom is -0.462 e. The third kappa shape index (κ3) is 4.51. The number of rotatable bonds is 5. The zero-order valence-electron chi connectivity index (χ0n) is 12.5. The highest BCUT2D eigenvalue weighted by molar-refractivity contribution is 6.28. The van der Waals surface area contributed by atoms with E-state index in [9.17, 15) is 9.18 Å². The SMILES string of the molecule is CCOC(=O)/C(C#N)=C/c1cccc(Oc2nc(Cl)ncc2F)c1. The van der Waals surface area contributed by atoms with Crippen molar-refractivity contribution >= 4 is 23.6 Å². The van der Waals surface area contributed by atoms with Crippen LogP contribution in [-0.2, 0) is 9.53 Å². The zero-order chi connectivity index (χ0) is 17.5. The molecule has 1 heterocycles. The molecule has 122 valence electrons. The first-order valence-corrected chi connectivity index (χ1v) is 7.16. The van der Waals surface area contributed by atoms with Crippen molar-refractivity contribution in [1.82, 2.24) is 9.97 Å². The number of ether oxygens (including phenoxy) is 2. The lowest BCUT2D eigenvalue weighted by Crippen LogP contribution is -2.05. The number of esters is 1. The fourth-order valence-corrected chi connectivity index (χ4v) is 1.82. The van der Waals surface area contributed by atoms with Gasteiger partial charge in [-0.25, -0.2) is 9.78 Å². The summed E-state index contributed by atoms with van der Waals surface area (Å²) < 4.78 is 23.7. The summed E-state index contributed by atoms with van der Waals surface area (Å²) in [4.78, 5) is 18.7.